The number of hydrogen-bond acceptors (Lipinski definition) is 3. The molecule has 1 aromatic heterocycles. The van der Waals surface area contributed by atoms with Crippen LogP contribution in [-0.2, 0) is 5.41 Å². The van der Waals surface area contributed by atoms with Crippen molar-refractivity contribution in [2.75, 3.05) is 0 Å². The standard InChI is InChI=1S/C44H33N3/c1-4-14-30(15-5-1)33-23-25-39-38(28-33)36-24-22-34(29-40(36)44(39)26-12-13-27-44)35-20-10-11-21-37(35)43-46-41(31-16-6-2-7-17-31)45-42(47-43)32-18-8-3-9-19-32/h1-11,14-25,28-29H,12-13,26-27H2. The summed E-state index contributed by atoms with van der Waals surface area (Å²) in [6.07, 6.45) is 4.90. The van der Waals surface area contributed by atoms with Gasteiger partial charge in [-0.25, -0.2) is 15.0 Å². The van der Waals surface area contributed by atoms with Crippen LogP contribution in [0.25, 0.3) is 67.5 Å². The topological polar surface area (TPSA) is 38.7 Å². The summed E-state index contributed by atoms with van der Waals surface area (Å²) in [5.74, 6) is 2.03. The van der Waals surface area contributed by atoms with Crippen LogP contribution in [-0.4, -0.2) is 15.0 Å². The summed E-state index contributed by atoms with van der Waals surface area (Å²) in [6, 6.07) is 54.0. The van der Waals surface area contributed by atoms with Gasteiger partial charge in [0.15, 0.2) is 17.5 Å². The lowest BCUT2D eigenvalue weighted by molar-refractivity contribution is 0.550. The van der Waals surface area contributed by atoms with E-state index in [2.05, 4.69) is 115 Å². The van der Waals surface area contributed by atoms with E-state index in [0.29, 0.717) is 17.5 Å². The zero-order valence-electron chi connectivity index (χ0n) is 26.1. The third-order valence-corrected chi connectivity index (χ3v) is 10.1. The highest BCUT2D eigenvalue weighted by Crippen LogP contribution is 2.58. The van der Waals surface area contributed by atoms with Crippen molar-refractivity contribution >= 4 is 0 Å². The van der Waals surface area contributed by atoms with E-state index in [0.717, 1.165) is 22.3 Å². The summed E-state index contributed by atoms with van der Waals surface area (Å²) < 4.78 is 0. The van der Waals surface area contributed by atoms with Gasteiger partial charge in [0.2, 0.25) is 0 Å². The van der Waals surface area contributed by atoms with Crippen LogP contribution in [0.4, 0.5) is 0 Å². The molecule has 2 aliphatic rings. The maximum Gasteiger partial charge on any atom is 0.164 e. The molecule has 0 atom stereocenters. The molecule has 1 spiro atoms. The minimum Gasteiger partial charge on any atom is -0.208 e. The van der Waals surface area contributed by atoms with E-state index in [1.807, 2.05) is 36.4 Å². The summed E-state index contributed by atoms with van der Waals surface area (Å²) >= 11 is 0. The fourth-order valence-electron chi connectivity index (χ4n) is 7.86. The van der Waals surface area contributed by atoms with Gasteiger partial charge in [-0.1, -0.05) is 152 Å². The van der Waals surface area contributed by atoms with Gasteiger partial charge in [0.05, 0.1) is 0 Å². The first-order valence-electron chi connectivity index (χ1n) is 16.6. The number of fused-ring (bicyclic) bond motifs is 5. The summed E-state index contributed by atoms with van der Waals surface area (Å²) in [7, 11) is 0. The van der Waals surface area contributed by atoms with E-state index < -0.39 is 0 Å². The second-order valence-corrected chi connectivity index (χ2v) is 12.8. The van der Waals surface area contributed by atoms with Crippen molar-refractivity contribution < 1.29 is 0 Å². The summed E-state index contributed by atoms with van der Waals surface area (Å²) in [6.45, 7) is 0. The molecule has 3 nitrogen and oxygen atoms in total. The quantitative estimate of drug-likeness (QED) is 0.196. The van der Waals surface area contributed by atoms with Crippen LogP contribution in [0.1, 0.15) is 36.8 Å². The average Bonchev–Trinajstić information content (AvgIpc) is 3.76. The maximum absolute atomic E-state index is 5.08. The van der Waals surface area contributed by atoms with Crippen LogP contribution in [0.5, 0.6) is 0 Å². The van der Waals surface area contributed by atoms with E-state index >= 15 is 0 Å². The molecule has 6 aromatic carbocycles. The molecule has 0 bridgehead atoms. The molecule has 1 saturated carbocycles. The molecule has 3 heteroatoms. The first-order chi connectivity index (χ1) is 23.3. The summed E-state index contributed by atoms with van der Waals surface area (Å²) in [5, 5.41) is 0. The van der Waals surface area contributed by atoms with Crippen molar-refractivity contribution in [3.8, 4) is 67.5 Å². The monoisotopic (exact) mass is 603 g/mol. The lowest BCUT2D eigenvalue weighted by atomic mass is 9.76. The predicted octanol–water partition coefficient (Wildman–Crippen LogP) is 11.0. The lowest BCUT2D eigenvalue weighted by Gasteiger charge is -2.27. The molecule has 224 valence electrons. The van der Waals surface area contributed by atoms with Gasteiger partial charge < -0.3 is 0 Å². The van der Waals surface area contributed by atoms with Gasteiger partial charge in [0.1, 0.15) is 0 Å². The maximum atomic E-state index is 5.08. The summed E-state index contributed by atoms with van der Waals surface area (Å²) in [5.41, 5.74) is 13.6. The Kier molecular flexibility index (Phi) is 6.64. The normalized spacial score (nSPS) is 14.2. The third-order valence-electron chi connectivity index (χ3n) is 10.1. The number of hydrogen-bond donors (Lipinski definition) is 0. The Hall–Kier alpha value is -5.67. The highest BCUT2D eigenvalue weighted by Gasteiger charge is 2.45. The molecular formula is C44H33N3. The smallest absolute Gasteiger partial charge is 0.164 e. The molecule has 1 fully saturated rings. The Morgan fingerprint density at radius 2 is 0.872 bits per heavy atom. The van der Waals surface area contributed by atoms with Gasteiger partial charge in [-0.15, -0.1) is 0 Å². The minimum atomic E-state index is 0.0684. The third kappa shape index (κ3) is 4.70. The van der Waals surface area contributed by atoms with Crippen LogP contribution in [0.3, 0.4) is 0 Å². The highest BCUT2D eigenvalue weighted by molar-refractivity contribution is 5.89. The second kappa shape index (κ2) is 11.3. The highest BCUT2D eigenvalue weighted by atomic mass is 15.0. The van der Waals surface area contributed by atoms with E-state index in [1.54, 1.807) is 0 Å². The average molecular weight is 604 g/mol. The molecule has 7 aromatic rings. The molecule has 0 radical (unpaired) electrons. The number of benzene rings is 6. The Balaban J connectivity index is 1.20. The van der Waals surface area contributed by atoms with Gasteiger partial charge in [0.25, 0.3) is 0 Å². The Morgan fingerprint density at radius 3 is 1.51 bits per heavy atom. The van der Waals surface area contributed by atoms with Crippen molar-refractivity contribution in [1.29, 1.82) is 0 Å². The van der Waals surface area contributed by atoms with Crippen LogP contribution in [0.2, 0.25) is 0 Å². The molecule has 2 aliphatic carbocycles. The molecule has 0 N–H and O–H groups in total. The zero-order valence-corrected chi connectivity index (χ0v) is 26.1. The first-order valence-corrected chi connectivity index (χ1v) is 16.6. The van der Waals surface area contributed by atoms with Gasteiger partial charge in [-0.3, -0.25) is 0 Å². The fraction of sp³-hybridized carbons (Fsp3) is 0.114. The molecule has 47 heavy (non-hydrogen) atoms. The Bertz CT molecular complexity index is 2180. The van der Waals surface area contributed by atoms with Gasteiger partial charge in [0, 0.05) is 22.1 Å². The van der Waals surface area contributed by atoms with Crippen molar-refractivity contribution in [3.05, 3.63) is 163 Å². The largest absolute Gasteiger partial charge is 0.208 e. The molecule has 0 amide bonds. The molecule has 0 saturated heterocycles. The first kappa shape index (κ1) is 27.6. The second-order valence-electron chi connectivity index (χ2n) is 12.8. The van der Waals surface area contributed by atoms with E-state index in [9.17, 15) is 0 Å². The fourth-order valence-corrected chi connectivity index (χ4v) is 7.86. The molecule has 9 rings (SSSR count). The SMILES string of the molecule is c1ccc(-c2ccc3c(c2)-c2ccc(-c4ccccc4-c4nc(-c5ccccc5)nc(-c5ccccc5)n4)cc2C32CCCC2)cc1. The summed E-state index contributed by atoms with van der Waals surface area (Å²) in [4.78, 5) is 15.1. The molecule has 0 unspecified atom stereocenters. The van der Waals surface area contributed by atoms with Gasteiger partial charge >= 0.3 is 0 Å². The van der Waals surface area contributed by atoms with Crippen LogP contribution in [0.15, 0.2) is 152 Å². The predicted molar refractivity (Wildman–Crippen MR) is 192 cm³/mol. The molecular weight excluding hydrogens is 571 g/mol. The van der Waals surface area contributed by atoms with E-state index in [4.69, 9.17) is 15.0 Å². The van der Waals surface area contributed by atoms with Crippen LogP contribution >= 0.6 is 0 Å². The van der Waals surface area contributed by atoms with Gasteiger partial charge in [-0.2, -0.15) is 0 Å². The molecule has 1 heterocycles. The number of aromatic nitrogens is 3. The number of nitrogens with zero attached hydrogens (tertiary/aromatic N) is 3. The van der Waals surface area contributed by atoms with Gasteiger partial charge in [-0.05, 0) is 69.5 Å². The number of rotatable bonds is 5. The van der Waals surface area contributed by atoms with Crippen LogP contribution < -0.4 is 0 Å². The van der Waals surface area contributed by atoms with Crippen molar-refractivity contribution in [2.45, 2.75) is 31.1 Å². The lowest BCUT2D eigenvalue weighted by Crippen LogP contribution is -2.20. The van der Waals surface area contributed by atoms with E-state index in [1.165, 1.54) is 64.6 Å². The Morgan fingerprint density at radius 1 is 0.340 bits per heavy atom. The minimum absolute atomic E-state index is 0.0684. The van der Waals surface area contributed by atoms with Crippen molar-refractivity contribution in [2.24, 2.45) is 0 Å². The molecule has 0 aliphatic heterocycles. The van der Waals surface area contributed by atoms with Crippen LogP contribution in [0, 0.1) is 0 Å². The van der Waals surface area contributed by atoms with Crippen molar-refractivity contribution in [1.82, 2.24) is 15.0 Å². The Labute approximate surface area is 275 Å². The zero-order chi connectivity index (χ0) is 31.2. The van der Waals surface area contributed by atoms with Crippen molar-refractivity contribution in [3.63, 3.8) is 0 Å². The van der Waals surface area contributed by atoms with E-state index in [-0.39, 0.29) is 5.41 Å².